The number of aryl methyl sites for hydroxylation is 1. The molecule has 2 amide bonds. The number of hydrogen-bond donors (Lipinski definition) is 2. The van der Waals surface area contributed by atoms with Crippen molar-refractivity contribution in [1.29, 1.82) is 0 Å². The first-order valence-electron chi connectivity index (χ1n) is 5.46. The highest BCUT2D eigenvalue weighted by Gasteiger charge is 2.21. The fourth-order valence-electron chi connectivity index (χ4n) is 1.49. The molecule has 3 nitrogen and oxygen atoms in total. The van der Waals surface area contributed by atoms with Crippen molar-refractivity contribution in [2.24, 2.45) is 5.92 Å². The average molecular weight is 283 g/mol. The van der Waals surface area contributed by atoms with Crippen LogP contribution in [0.25, 0.3) is 0 Å². The molecule has 86 valence electrons. The second-order valence-electron chi connectivity index (χ2n) is 4.24. The molecule has 0 radical (unpaired) electrons. The molecule has 2 rings (SSSR count). The summed E-state index contributed by atoms with van der Waals surface area (Å²) in [5.41, 5.74) is 1.91. The fourth-order valence-corrected chi connectivity index (χ4v) is 1.97. The van der Waals surface area contributed by atoms with Gasteiger partial charge in [0.25, 0.3) is 0 Å². The summed E-state index contributed by atoms with van der Waals surface area (Å²) in [6.45, 7) is 2.77. The molecule has 1 saturated carbocycles. The van der Waals surface area contributed by atoms with E-state index in [1.165, 1.54) is 12.8 Å². The lowest BCUT2D eigenvalue weighted by Gasteiger charge is -2.09. The quantitative estimate of drug-likeness (QED) is 0.878. The second-order valence-corrected chi connectivity index (χ2v) is 5.15. The monoisotopic (exact) mass is 282 g/mol. The van der Waals surface area contributed by atoms with E-state index in [0.717, 1.165) is 22.3 Å². The number of benzene rings is 1. The van der Waals surface area contributed by atoms with Crippen LogP contribution in [0.5, 0.6) is 0 Å². The highest BCUT2D eigenvalue weighted by atomic mass is 79.9. The Bertz CT molecular complexity index is 402. The number of carbonyl (C=O) groups excluding carboxylic acids is 1. The summed E-state index contributed by atoms with van der Waals surface area (Å²) in [7, 11) is 0. The average Bonchev–Trinajstić information content (AvgIpc) is 3.03. The van der Waals surface area contributed by atoms with E-state index >= 15 is 0 Å². The van der Waals surface area contributed by atoms with Crippen LogP contribution >= 0.6 is 15.9 Å². The Labute approximate surface area is 104 Å². The molecule has 0 aliphatic heterocycles. The molecule has 1 aliphatic carbocycles. The first kappa shape index (κ1) is 11.5. The van der Waals surface area contributed by atoms with Crippen LogP contribution < -0.4 is 10.6 Å². The number of anilines is 1. The number of halogens is 1. The van der Waals surface area contributed by atoms with Gasteiger partial charge in [-0.3, -0.25) is 0 Å². The molecule has 0 unspecified atom stereocenters. The van der Waals surface area contributed by atoms with Gasteiger partial charge in [-0.15, -0.1) is 0 Å². The van der Waals surface area contributed by atoms with Gasteiger partial charge >= 0.3 is 6.03 Å². The van der Waals surface area contributed by atoms with E-state index in [9.17, 15) is 4.79 Å². The SMILES string of the molecule is Cc1cc(Br)ccc1NC(=O)NCC1CC1. The predicted octanol–water partition coefficient (Wildman–Crippen LogP) is 3.29. The van der Waals surface area contributed by atoms with Crippen molar-refractivity contribution < 1.29 is 4.79 Å². The van der Waals surface area contributed by atoms with Gasteiger partial charge in [0.1, 0.15) is 0 Å². The van der Waals surface area contributed by atoms with Crippen LogP contribution in [0, 0.1) is 12.8 Å². The Morgan fingerprint density at radius 2 is 2.25 bits per heavy atom. The van der Waals surface area contributed by atoms with E-state index in [1.54, 1.807) is 0 Å². The van der Waals surface area contributed by atoms with Gasteiger partial charge in [-0.25, -0.2) is 4.79 Å². The number of amides is 2. The van der Waals surface area contributed by atoms with Crippen LogP contribution in [0.3, 0.4) is 0 Å². The van der Waals surface area contributed by atoms with Crippen molar-refractivity contribution in [3.63, 3.8) is 0 Å². The Morgan fingerprint density at radius 3 is 2.88 bits per heavy atom. The summed E-state index contributed by atoms with van der Waals surface area (Å²) in [5, 5.41) is 5.72. The van der Waals surface area contributed by atoms with Crippen molar-refractivity contribution in [3.8, 4) is 0 Å². The molecule has 2 N–H and O–H groups in total. The number of rotatable bonds is 3. The first-order valence-corrected chi connectivity index (χ1v) is 6.25. The Hall–Kier alpha value is -1.03. The summed E-state index contributed by atoms with van der Waals surface area (Å²) >= 11 is 3.39. The van der Waals surface area contributed by atoms with Gasteiger partial charge < -0.3 is 10.6 Å². The topological polar surface area (TPSA) is 41.1 Å². The number of urea groups is 1. The minimum absolute atomic E-state index is 0.114. The van der Waals surface area contributed by atoms with Crippen LogP contribution in [0.2, 0.25) is 0 Å². The van der Waals surface area contributed by atoms with Gasteiger partial charge in [0.2, 0.25) is 0 Å². The zero-order chi connectivity index (χ0) is 11.5. The molecular formula is C12H15BrN2O. The van der Waals surface area contributed by atoms with Gasteiger partial charge in [-0.1, -0.05) is 15.9 Å². The molecule has 4 heteroatoms. The zero-order valence-corrected chi connectivity index (χ0v) is 10.8. The molecule has 1 fully saturated rings. The van der Waals surface area contributed by atoms with E-state index < -0.39 is 0 Å². The predicted molar refractivity (Wildman–Crippen MR) is 68.6 cm³/mol. The smallest absolute Gasteiger partial charge is 0.319 e. The van der Waals surface area contributed by atoms with E-state index in [-0.39, 0.29) is 6.03 Å². The maximum atomic E-state index is 11.5. The molecule has 1 aromatic carbocycles. The highest BCUT2D eigenvalue weighted by Crippen LogP contribution is 2.27. The van der Waals surface area contributed by atoms with Gasteiger partial charge in [0.05, 0.1) is 0 Å². The van der Waals surface area contributed by atoms with E-state index in [2.05, 4.69) is 26.6 Å². The summed E-state index contributed by atoms with van der Waals surface area (Å²) in [6, 6.07) is 5.69. The highest BCUT2D eigenvalue weighted by molar-refractivity contribution is 9.10. The fraction of sp³-hybridized carbons (Fsp3) is 0.417. The van der Waals surface area contributed by atoms with Crippen molar-refractivity contribution in [2.75, 3.05) is 11.9 Å². The van der Waals surface area contributed by atoms with Gasteiger partial charge in [0.15, 0.2) is 0 Å². The third kappa shape index (κ3) is 3.23. The van der Waals surface area contributed by atoms with Crippen LogP contribution in [0.1, 0.15) is 18.4 Å². The third-order valence-electron chi connectivity index (χ3n) is 2.68. The first-order chi connectivity index (χ1) is 7.65. The van der Waals surface area contributed by atoms with E-state index in [1.807, 2.05) is 25.1 Å². The molecule has 0 spiro atoms. The molecule has 0 bridgehead atoms. The molecule has 16 heavy (non-hydrogen) atoms. The summed E-state index contributed by atoms with van der Waals surface area (Å²) in [4.78, 5) is 11.5. The minimum atomic E-state index is -0.114. The van der Waals surface area contributed by atoms with Crippen molar-refractivity contribution in [3.05, 3.63) is 28.2 Å². The largest absolute Gasteiger partial charge is 0.338 e. The van der Waals surface area contributed by atoms with Crippen LogP contribution in [0.15, 0.2) is 22.7 Å². The lowest BCUT2D eigenvalue weighted by atomic mass is 10.2. The van der Waals surface area contributed by atoms with Gasteiger partial charge in [-0.2, -0.15) is 0 Å². The molecule has 0 saturated heterocycles. The zero-order valence-electron chi connectivity index (χ0n) is 9.22. The summed E-state index contributed by atoms with van der Waals surface area (Å²) in [5.74, 6) is 0.705. The van der Waals surface area contributed by atoms with Crippen LogP contribution in [0.4, 0.5) is 10.5 Å². The van der Waals surface area contributed by atoms with Gasteiger partial charge in [-0.05, 0) is 49.4 Å². The van der Waals surface area contributed by atoms with Crippen molar-refractivity contribution in [1.82, 2.24) is 5.32 Å². The molecule has 0 atom stereocenters. The Balaban J connectivity index is 1.89. The maximum Gasteiger partial charge on any atom is 0.319 e. The van der Waals surface area contributed by atoms with E-state index in [0.29, 0.717) is 5.92 Å². The molecule has 1 aromatic rings. The standard InChI is InChI=1S/C12H15BrN2O/c1-8-6-10(13)4-5-11(8)15-12(16)14-7-9-2-3-9/h4-6,9H,2-3,7H2,1H3,(H2,14,15,16). The Kier molecular flexibility index (Phi) is 3.49. The summed E-state index contributed by atoms with van der Waals surface area (Å²) in [6.07, 6.45) is 2.50. The molecule has 0 aromatic heterocycles. The normalized spacial score (nSPS) is 14.6. The summed E-state index contributed by atoms with van der Waals surface area (Å²) < 4.78 is 1.02. The lowest BCUT2D eigenvalue weighted by Crippen LogP contribution is -2.30. The molecular weight excluding hydrogens is 268 g/mol. The molecule has 0 heterocycles. The second kappa shape index (κ2) is 4.87. The van der Waals surface area contributed by atoms with Crippen molar-refractivity contribution in [2.45, 2.75) is 19.8 Å². The maximum absolute atomic E-state index is 11.5. The van der Waals surface area contributed by atoms with Crippen molar-refractivity contribution >= 4 is 27.6 Å². The van der Waals surface area contributed by atoms with Gasteiger partial charge in [0, 0.05) is 16.7 Å². The third-order valence-corrected chi connectivity index (χ3v) is 3.18. The Morgan fingerprint density at radius 1 is 1.50 bits per heavy atom. The lowest BCUT2D eigenvalue weighted by molar-refractivity contribution is 0.251. The minimum Gasteiger partial charge on any atom is -0.338 e. The van der Waals surface area contributed by atoms with Crippen LogP contribution in [-0.4, -0.2) is 12.6 Å². The van der Waals surface area contributed by atoms with E-state index in [4.69, 9.17) is 0 Å². The number of hydrogen-bond acceptors (Lipinski definition) is 1. The number of nitrogens with one attached hydrogen (secondary N) is 2. The van der Waals surface area contributed by atoms with Crippen LogP contribution in [-0.2, 0) is 0 Å². The number of carbonyl (C=O) groups is 1. The molecule has 1 aliphatic rings.